The fourth-order valence-corrected chi connectivity index (χ4v) is 2.41. The monoisotopic (exact) mass is 261 g/mol. The maximum Gasteiger partial charge on any atom is 0.167 e. The maximum atomic E-state index is 5.23. The van der Waals surface area contributed by atoms with E-state index in [1.807, 2.05) is 31.2 Å². The van der Waals surface area contributed by atoms with Crippen molar-refractivity contribution in [3.8, 4) is 0 Å². The highest BCUT2D eigenvalue weighted by molar-refractivity contribution is 9.10. The zero-order valence-corrected chi connectivity index (χ0v) is 9.71. The second kappa shape index (κ2) is 3.07. The van der Waals surface area contributed by atoms with Crippen LogP contribution in [0.1, 0.15) is 5.69 Å². The quantitative estimate of drug-likeness (QED) is 0.610. The van der Waals surface area contributed by atoms with Crippen LogP contribution in [0.3, 0.4) is 0 Å². The molecule has 0 radical (unpaired) electrons. The van der Waals surface area contributed by atoms with Gasteiger partial charge in [-0.05, 0) is 35.9 Å². The van der Waals surface area contributed by atoms with Crippen molar-refractivity contribution in [2.45, 2.75) is 6.92 Å². The van der Waals surface area contributed by atoms with Gasteiger partial charge in [-0.2, -0.15) is 0 Å². The predicted molar refractivity (Wildman–Crippen MR) is 64.0 cm³/mol. The number of hydrogen-bond donors (Lipinski definition) is 0. The second-order valence-corrected chi connectivity index (χ2v) is 4.40. The van der Waals surface area contributed by atoms with Crippen LogP contribution >= 0.6 is 15.9 Å². The molecule has 2 nitrogen and oxygen atoms in total. The summed E-state index contributed by atoms with van der Waals surface area (Å²) in [5.41, 5.74) is 1.78. The minimum atomic E-state index is 0.845. The molecule has 3 heteroatoms. The van der Waals surface area contributed by atoms with Gasteiger partial charge in [-0.15, -0.1) is 0 Å². The molecule has 0 atom stereocenters. The first-order valence-electron chi connectivity index (χ1n) is 4.70. The van der Waals surface area contributed by atoms with E-state index >= 15 is 0 Å². The molecule has 0 saturated carbocycles. The summed E-state index contributed by atoms with van der Waals surface area (Å²) in [5.74, 6) is 0. The second-order valence-electron chi connectivity index (χ2n) is 3.54. The summed E-state index contributed by atoms with van der Waals surface area (Å²) in [7, 11) is 0. The molecule has 1 heterocycles. The predicted octanol–water partition coefficient (Wildman–Crippen LogP) is 4.05. The van der Waals surface area contributed by atoms with Gasteiger partial charge < -0.3 is 4.52 Å². The van der Waals surface area contributed by atoms with Crippen LogP contribution in [0.2, 0.25) is 0 Å². The van der Waals surface area contributed by atoms with Gasteiger partial charge in [-0.25, -0.2) is 0 Å². The van der Waals surface area contributed by atoms with Gasteiger partial charge in [0.2, 0.25) is 0 Å². The van der Waals surface area contributed by atoms with Gasteiger partial charge in [0.15, 0.2) is 5.58 Å². The minimum Gasteiger partial charge on any atom is -0.356 e. The van der Waals surface area contributed by atoms with Crippen molar-refractivity contribution in [3.63, 3.8) is 0 Å². The summed E-state index contributed by atoms with van der Waals surface area (Å²) in [5, 5.41) is 7.46. The van der Waals surface area contributed by atoms with Crippen LogP contribution in [-0.4, -0.2) is 5.16 Å². The summed E-state index contributed by atoms with van der Waals surface area (Å²) < 4.78 is 6.33. The Morgan fingerprint density at radius 3 is 2.87 bits per heavy atom. The van der Waals surface area contributed by atoms with E-state index in [0.29, 0.717) is 0 Å². The van der Waals surface area contributed by atoms with Gasteiger partial charge in [-0.1, -0.05) is 33.2 Å². The summed E-state index contributed by atoms with van der Waals surface area (Å²) in [6.45, 7) is 1.96. The zero-order valence-electron chi connectivity index (χ0n) is 8.12. The molecule has 0 spiro atoms. The Balaban J connectivity index is 2.64. The molecule has 0 N–H and O–H groups in total. The van der Waals surface area contributed by atoms with E-state index in [1.165, 1.54) is 10.8 Å². The lowest BCUT2D eigenvalue weighted by Crippen LogP contribution is -1.77. The SMILES string of the molecule is Cc1noc2ccc3c(Br)cccc3c12. The highest BCUT2D eigenvalue weighted by Crippen LogP contribution is 2.31. The Bertz CT molecular complexity index is 657. The summed E-state index contributed by atoms with van der Waals surface area (Å²) in [4.78, 5) is 0. The summed E-state index contributed by atoms with van der Waals surface area (Å²) in [6, 6.07) is 10.2. The van der Waals surface area contributed by atoms with E-state index in [-0.39, 0.29) is 0 Å². The molecule has 0 bridgehead atoms. The Kier molecular flexibility index (Phi) is 1.83. The molecule has 0 aliphatic heterocycles. The molecule has 0 fully saturated rings. The van der Waals surface area contributed by atoms with Gasteiger partial charge in [0.1, 0.15) is 0 Å². The number of aromatic nitrogens is 1. The number of benzene rings is 2. The zero-order chi connectivity index (χ0) is 10.4. The van der Waals surface area contributed by atoms with Crippen molar-refractivity contribution in [1.82, 2.24) is 5.16 Å². The number of halogens is 1. The molecular weight excluding hydrogens is 254 g/mol. The lowest BCUT2D eigenvalue weighted by molar-refractivity contribution is 0.450. The summed E-state index contributed by atoms with van der Waals surface area (Å²) in [6.07, 6.45) is 0. The molecule has 0 aliphatic carbocycles. The lowest BCUT2D eigenvalue weighted by atomic mass is 10.1. The van der Waals surface area contributed by atoms with Gasteiger partial charge in [0.05, 0.1) is 11.1 Å². The number of rotatable bonds is 0. The smallest absolute Gasteiger partial charge is 0.167 e. The van der Waals surface area contributed by atoms with Crippen molar-refractivity contribution in [2.24, 2.45) is 0 Å². The molecule has 2 aromatic carbocycles. The van der Waals surface area contributed by atoms with E-state index in [4.69, 9.17) is 4.52 Å². The number of aryl methyl sites for hydroxylation is 1. The Hall–Kier alpha value is -1.35. The normalized spacial score (nSPS) is 11.3. The molecule has 0 amide bonds. The third kappa shape index (κ3) is 1.20. The van der Waals surface area contributed by atoms with Crippen LogP contribution in [0.4, 0.5) is 0 Å². The van der Waals surface area contributed by atoms with E-state index in [1.54, 1.807) is 0 Å². The average Bonchev–Trinajstić information content (AvgIpc) is 2.61. The maximum absolute atomic E-state index is 5.23. The van der Waals surface area contributed by atoms with Crippen molar-refractivity contribution in [1.29, 1.82) is 0 Å². The highest BCUT2D eigenvalue weighted by Gasteiger charge is 2.09. The first kappa shape index (κ1) is 8.92. The molecule has 3 rings (SSSR count). The summed E-state index contributed by atoms with van der Waals surface area (Å²) >= 11 is 3.54. The molecular formula is C12H8BrNO. The fraction of sp³-hybridized carbons (Fsp3) is 0.0833. The molecule has 3 aromatic rings. The topological polar surface area (TPSA) is 26.0 Å². The molecule has 15 heavy (non-hydrogen) atoms. The van der Waals surface area contributed by atoms with Gasteiger partial charge in [0, 0.05) is 4.47 Å². The Morgan fingerprint density at radius 1 is 1.13 bits per heavy atom. The number of fused-ring (bicyclic) bond motifs is 3. The molecule has 0 aliphatic rings. The van der Waals surface area contributed by atoms with Gasteiger partial charge in [-0.3, -0.25) is 0 Å². The minimum absolute atomic E-state index is 0.845. The van der Waals surface area contributed by atoms with Crippen LogP contribution in [0.15, 0.2) is 39.3 Å². The van der Waals surface area contributed by atoms with Crippen LogP contribution in [0.25, 0.3) is 21.7 Å². The molecule has 1 aromatic heterocycles. The third-order valence-electron chi connectivity index (χ3n) is 2.61. The van der Waals surface area contributed by atoms with E-state index in [0.717, 1.165) is 21.1 Å². The van der Waals surface area contributed by atoms with Gasteiger partial charge in [0.25, 0.3) is 0 Å². The molecule has 0 unspecified atom stereocenters. The average molecular weight is 262 g/mol. The largest absolute Gasteiger partial charge is 0.356 e. The number of nitrogens with zero attached hydrogens (tertiary/aromatic N) is 1. The first-order valence-corrected chi connectivity index (χ1v) is 5.50. The van der Waals surface area contributed by atoms with E-state index in [2.05, 4.69) is 27.2 Å². The van der Waals surface area contributed by atoms with Crippen LogP contribution < -0.4 is 0 Å². The van der Waals surface area contributed by atoms with Crippen molar-refractivity contribution < 1.29 is 4.52 Å². The third-order valence-corrected chi connectivity index (χ3v) is 3.30. The van der Waals surface area contributed by atoms with E-state index in [9.17, 15) is 0 Å². The molecule has 74 valence electrons. The lowest BCUT2D eigenvalue weighted by Gasteiger charge is -2.00. The van der Waals surface area contributed by atoms with Crippen molar-refractivity contribution >= 4 is 37.7 Å². The van der Waals surface area contributed by atoms with Crippen LogP contribution in [-0.2, 0) is 0 Å². The standard InChI is InChI=1S/C12H8BrNO/c1-7-12-9-3-2-4-10(13)8(9)5-6-11(12)15-14-7/h2-6H,1H3. The Morgan fingerprint density at radius 2 is 2.00 bits per heavy atom. The van der Waals surface area contributed by atoms with Gasteiger partial charge >= 0.3 is 0 Å². The first-order chi connectivity index (χ1) is 7.27. The van der Waals surface area contributed by atoms with Crippen LogP contribution in [0.5, 0.6) is 0 Å². The van der Waals surface area contributed by atoms with Crippen LogP contribution in [0, 0.1) is 6.92 Å². The number of hydrogen-bond acceptors (Lipinski definition) is 2. The van der Waals surface area contributed by atoms with Crippen molar-refractivity contribution in [2.75, 3.05) is 0 Å². The Labute approximate surface area is 95.0 Å². The molecule has 0 saturated heterocycles. The van der Waals surface area contributed by atoms with E-state index < -0.39 is 0 Å². The highest BCUT2D eigenvalue weighted by atomic mass is 79.9. The fourth-order valence-electron chi connectivity index (χ4n) is 1.91. The van der Waals surface area contributed by atoms with Crippen molar-refractivity contribution in [3.05, 3.63) is 40.5 Å².